The molecule has 0 bridgehead atoms. The van der Waals surface area contributed by atoms with Crippen molar-refractivity contribution in [3.05, 3.63) is 11.1 Å². The third kappa shape index (κ3) is 4.45. The first-order valence-corrected chi connectivity index (χ1v) is 11.1. The fraction of sp³-hybridized carbons (Fsp3) is 0.684. The minimum Gasteiger partial charge on any atom is -0.467 e. The fourth-order valence-corrected chi connectivity index (χ4v) is 4.63. The summed E-state index contributed by atoms with van der Waals surface area (Å²) < 4.78 is 5.40. The van der Waals surface area contributed by atoms with Crippen LogP contribution in [0.5, 0.6) is 6.01 Å². The maximum atomic E-state index is 5.40. The molecule has 0 atom stereocenters. The third-order valence-electron chi connectivity index (χ3n) is 5.32. The smallest absolute Gasteiger partial charge is 0.322 e. The Balaban J connectivity index is 1.51. The van der Waals surface area contributed by atoms with Crippen LogP contribution in [-0.4, -0.2) is 66.3 Å². The van der Waals surface area contributed by atoms with Crippen LogP contribution in [-0.2, 0) is 0 Å². The molecule has 0 saturated carbocycles. The van der Waals surface area contributed by atoms with Gasteiger partial charge in [0, 0.05) is 44.6 Å². The standard InChI is InChI=1S/C19H29N7OS/c1-15-14-28-19(20-15)26-11-7-10-25(12-13-26)17-21-16(22-18(23-17)27-2)24-8-5-3-4-6-9-24/h14H,3-13H2,1-2H3. The van der Waals surface area contributed by atoms with Crippen LogP contribution in [0.25, 0.3) is 0 Å². The third-order valence-corrected chi connectivity index (χ3v) is 6.34. The molecule has 2 saturated heterocycles. The Bertz CT molecular complexity index is 775. The van der Waals surface area contributed by atoms with Crippen molar-refractivity contribution >= 4 is 28.4 Å². The Morgan fingerprint density at radius 2 is 1.36 bits per heavy atom. The van der Waals surface area contributed by atoms with E-state index in [0.717, 1.165) is 68.4 Å². The molecule has 2 aliphatic rings. The van der Waals surface area contributed by atoms with E-state index in [1.165, 1.54) is 25.7 Å². The van der Waals surface area contributed by atoms with Gasteiger partial charge in [-0.15, -0.1) is 11.3 Å². The molecule has 8 nitrogen and oxygen atoms in total. The van der Waals surface area contributed by atoms with Crippen LogP contribution < -0.4 is 19.4 Å². The van der Waals surface area contributed by atoms with Gasteiger partial charge in [-0.25, -0.2) is 4.98 Å². The Kier molecular flexibility index (Phi) is 6.09. The summed E-state index contributed by atoms with van der Waals surface area (Å²) in [5.41, 5.74) is 1.09. The summed E-state index contributed by atoms with van der Waals surface area (Å²) >= 11 is 1.72. The highest BCUT2D eigenvalue weighted by atomic mass is 32.1. The van der Waals surface area contributed by atoms with Crippen LogP contribution >= 0.6 is 11.3 Å². The van der Waals surface area contributed by atoms with Crippen molar-refractivity contribution < 1.29 is 4.74 Å². The van der Waals surface area contributed by atoms with Gasteiger partial charge in [-0.3, -0.25) is 0 Å². The SMILES string of the molecule is COc1nc(N2CCCCCC2)nc(N2CCCN(c3nc(C)cs3)CC2)n1. The monoisotopic (exact) mass is 403 g/mol. The van der Waals surface area contributed by atoms with Crippen molar-refractivity contribution in [2.24, 2.45) is 0 Å². The van der Waals surface area contributed by atoms with Crippen LogP contribution in [0.2, 0.25) is 0 Å². The second-order valence-electron chi connectivity index (χ2n) is 7.42. The normalized spacial score (nSPS) is 18.7. The topological polar surface area (TPSA) is 70.5 Å². The molecule has 0 spiro atoms. The molecule has 152 valence electrons. The van der Waals surface area contributed by atoms with E-state index in [0.29, 0.717) is 6.01 Å². The number of ether oxygens (including phenoxy) is 1. The summed E-state index contributed by atoms with van der Waals surface area (Å²) in [5, 5.41) is 3.22. The van der Waals surface area contributed by atoms with Gasteiger partial charge in [-0.1, -0.05) is 12.8 Å². The molecular weight excluding hydrogens is 374 g/mol. The Hall–Kier alpha value is -2.16. The number of thiazole rings is 1. The summed E-state index contributed by atoms with van der Waals surface area (Å²) in [6, 6.07) is 0.404. The van der Waals surface area contributed by atoms with Gasteiger partial charge in [0.2, 0.25) is 11.9 Å². The highest BCUT2D eigenvalue weighted by Crippen LogP contribution is 2.24. The lowest BCUT2D eigenvalue weighted by Crippen LogP contribution is -2.33. The second kappa shape index (κ2) is 8.89. The van der Waals surface area contributed by atoms with E-state index in [9.17, 15) is 0 Å². The summed E-state index contributed by atoms with van der Waals surface area (Å²) in [6.07, 6.45) is 5.99. The molecule has 9 heteroatoms. The number of aryl methyl sites for hydroxylation is 1. The number of hydrogen-bond acceptors (Lipinski definition) is 9. The van der Waals surface area contributed by atoms with Crippen LogP contribution in [0.4, 0.5) is 17.0 Å². The molecule has 0 aromatic carbocycles. The molecule has 4 heterocycles. The van der Waals surface area contributed by atoms with Gasteiger partial charge in [0.1, 0.15) is 0 Å². The Morgan fingerprint density at radius 3 is 2.00 bits per heavy atom. The Morgan fingerprint density at radius 1 is 0.750 bits per heavy atom. The Labute approximate surface area is 170 Å². The molecule has 2 aromatic heterocycles. The zero-order valence-electron chi connectivity index (χ0n) is 16.8. The van der Waals surface area contributed by atoms with Crippen LogP contribution in [0.15, 0.2) is 5.38 Å². The zero-order chi connectivity index (χ0) is 19.3. The van der Waals surface area contributed by atoms with E-state index in [2.05, 4.69) is 35.0 Å². The molecule has 0 unspecified atom stereocenters. The number of aromatic nitrogens is 4. The lowest BCUT2D eigenvalue weighted by molar-refractivity contribution is 0.377. The van der Waals surface area contributed by atoms with E-state index >= 15 is 0 Å². The number of nitrogens with zero attached hydrogens (tertiary/aromatic N) is 7. The van der Waals surface area contributed by atoms with Crippen LogP contribution in [0, 0.1) is 6.92 Å². The number of rotatable bonds is 4. The second-order valence-corrected chi connectivity index (χ2v) is 8.26. The molecular formula is C19H29N7OS. The molecule has 4 rings (SSSR count). The summed E-state index contributed by atoms with van der Waals surface area (Å²) in [4.78, 5) is 25.5. The van der Waals surface area contributed by atoms with Gasteiger partial charge >= 0.3 is 6.01 Å². The van der Waals surface area contributed by atoms with Gasteiger partial charge in [-0.2, -0.15) is 15.0 Å². The maximum absolute atomic E-state index is 5.40. The van der Waals surface area contributed by atoms with Crippen molar-refractivity contribution in [1.29, 1.82) is 0 Å². The van der Waals surface area contributed by atoms with E-state index < -0.39 is 0 Å². The van der Waals surface area contributed by atoms with Crippen molar-refractivity contribution in [2.45, 2.75) is 39.0 Å². The number of anilines is 3. The molecule has 2 aliphatic heterocycles. The molecule has 0 radical (unpaired) electrons. The summed E-state index contributed by atoms with van der Waals surface area (Å²) in [5.74, 6) is 1.48. The van der Waals surface area contributed by atoms with Crippen molar-refractivity contribution in [3.63, 3.8) is 0 Å². The maximum Gasteiger partial charge on any atom is 0.322 e. The highest BCUT2D eigenvalue weighted by molar-refractivity contribution is 7.13. The van der Waals surface area contributed by atoms with Crippen molar-refractivity contribution in [3.8, 4) is 6.01 Å². The largest absolute Gasteiger partial charge is 0.467 e. The first-order valence-electron chi connectivity index (χ1n) is 10.2. The van der Waals surface area contributed by atoms with E-state index in [1.807, 2.05) is 6.92 Å². The van der Waals surface area contributed by atoms with Gasteiger partial charge in [-0.05, 0) is 26.2 Å². The zero-order valence-corrected chi connectivity index (χ0v) is 17.6. The van der Waals surface area contributed by atoms with Crippen molar-refractivity contribution in [2.75, 3.05) is 61.1 Å². The van der Waals surface area contributed by atoms with Crippen molar-refractivity contribution in [1.82, 2.24) is 19.9 Å². The number of hydrogen-bond donors (Lipinski definition) is 0. The summed E-state index contributed by atoms with van der Waals surface area (Å²) in [6.45, 7) is 7.77. The van der Waals surface area contributed by atoms with Crippen LogP contribution in [0.3, 0.4) is 0 Å². The molecule has 2 fully saturated rings. The predicted molar refractivity (Wildman–Crippen MR) is 113 cm³/mol. The highest BCUT2D eigenvalue weighted by Gasteiger charge is 2.22. The van der Waals surface area contributed by atoms with Crippen LogP contribution in [0.1, 0.15) is 37.8 Å². The average molecular weight is 404 g/mol. The van der Waals surface area contributed by atoms with E-state index in [-0.39, 0.29) is 0 Å². The van der Waals surface area contributed by atoms with Gasteiger partial charge in [0.05, 0.1) is 12.8 Å². The molecule has 0 aliphatic carbocycles. The molecule has 0 N–H and O–H groups in total. The quantitative estimate of drug-likeness (QED) is 0.772. The van der Waals surface area contributed by atoms with E-state index in [1.54, 1.807) is 18.4 Å². The fourth-order valence-electron chi connectivity index (χ4n) is 3.78. The first kappa shape index (κ1) is 19.2. The molecule has 28 heavy (non-hydrogen) atoms. The average Bonchev–Trinajstić information content (AvgIpc) is 2.94. The summed E-state index contributed by atoms with van der Waals surface area (Å²) in [7, 11) is 1.63. The minimum atomic E-state index is 0.404. The van der Waals surface area contributed by atoms with E-state index in [4.69, 9.17) is 9.72 Å². The molecule has 0 amide bonds. The first-order chi connectivity index (χ1) is 13.7. The lowest BCUT2D eigenvalue weighted by atomic mass is 10.2. The minimum absolute atomic E-state index is 0.404. The van der Waals surface area contributed by atoms with Gasteiger partial charge in [0.25, 0.3) is 0 Å². The molecule has 2 aromatic rings. The number of methoxy groups -OCH3 is 1. The van der Waals surface area contributed by atoms with Gasteiger partial charge < -0.3 is 19.4 Å². The van der Waals surface area contributed by atoms with Gasteiger partial charge in [0.15, 0.2) is 5.13 Å². The lowest BCUT2D eigenvalue weighted by Gasteiger charge is -2.24. The predicted octanol–water partition coefficient (Wildman–Crippen LogP) is 2.74.